The lowest BCUT2D eigenvalue weighted by Crippen LogP contribution is -2.64. The predicted octanol–water partition coefficient (Wildman–Crippen LogP) is 5.21. The van der Waals surface area contributed by atoms with Gasteiger partial charge in [-0.05, 0) is 66.6 Å². The first kappa shape index (κ1) is 37.2. The van der Waals surface area contributed by atoms with E-state index in [1.807, 2.05) is 13.0 Å². The number of thioether (sulfide) groups is 1. The number of nitrogens with zero attached hydrogens (tertiary/aromatic N) is 3. The van der Waals surface area contributed by atoms with Gasteiger partial charge in [0.2, 0.25) is 6.79 Å². The number of benzene rings is 3. The summed E-state index contributed by atoms with van der Waals surface area (Å²) >= 11 is 1.41. The van der Waals surface area contributed by atoms with Crippen molar-refractivity contribution in [3.05, 3.63) is 80.7 Å². The highest BCUT2D eigenvalue weighted by Crippen LogP contribution is 2.65. The molecule has 7 heterocycles. The molecule has 57 heavy (non-hydrogen) atoms. The number of ether oxygens (including phenoxy) is 7. The summed E-state index contributed by atoms with van der Waals surface area (Å²) in [7, 11) is 2.95. The Morgan fingerprint density at radius 1 is 1.12 bits per heavy atom. The number of aryl methyl sites for hydroxylation is 1. The van der Waals surface area contributed by atoms with Gasteiger partial charge >= 0.3 is 12.1 Å². The first-order valence-corrected chi connectivity index (χ1v) is 19.7. The average molecular weight is 798 g/mol. The molecule has 16 heteroatoms. The minimum Gasteiger partial charge on any atom is -0.649 e. The van der Waals surface area contributed by atoms with Gasteiger partial charge in [0.15, 0.2) is 40.0 Å². The lowest BCUT2D eigenvalue weighted by Gasteiger charge is -2.65. The van der Waals surface area contributed by atoms with Crippen LogP contribution in [0, 0.1) is 25.2 Å². The second-order valence-corrected chi connectivity index (χ2v) is 16.1. The number of fused-ring (bicyclic) bond motifs is 9. The van der Waals surface area contributed by atoms with Crippen LogP contribution in [0.4, 0.5) is 4.79 Å². The third kappa shape index (κ3) is 5.43. The number of piperazine rings is 1. The molecule has 0 amide bonds. The molecule has 15 nitrogen and oxygen atoms in total. The number of nitriles is 1. The largest absolute Gasteiger partial charge is 0.649 e. The lowest BCUT2D eigenvalue weighted by molar-refractivity contribution is -0.155. The molecule has 0 saturated carbocycles. The van der Waals surface area contributed by atoms with Gasteiger partial charge in [-0.15, -0.1) is 17.8 Å². The third-order valence-electron chi connectivity index (χ3n) is 12.1. The molecule has 0 radical (unpaired) electrons. The second-order valence-electron chi connectivity index (χ2n) is 14.9. The molecule has 7 atom stereocenters. The molecule has 4 bridgehead atoms. The van der Waals surface area contributed by atoms with Crippen molar-refractivity contribution in [1.29, 1.82) is 5.26 Å². The Morgan fingerprint density at radius 3 is 2.68 bits per heavy atom. The van der Waals surface area contributed by atoms with Crippen LogP contribution in [0.1, 0.15) is 61.8 Å². The molecule has 1 spiro atoms. The minimum absolute atomic E-state index is 0.0303. The standard InChI is InChI=1S/C41H41N4O11S/c1-6-9-52-40(49)56-35-19(3)36-37(55-17-54-36)29-25-15-53-39(48)41(22-13-27(50-4)26(46)12-20(22)7-8-43-41)16-57-38(30(29)35)32-31-28-21(10-18(2)34(51-5)33(28)47)11-23(44-31)24(14-42)45(25)32/h6,10,12-13,23-25,31-32,38,43,46-47H,1,7-9,11,15-17H2,2-5H3/q-1/t23-,24-,25-,31+,32?,38+,41+/m0/s1. The summed E-state index contributed by atoms with van der Waals surface area (Å²) in [6.45, 7) is 7.26. The number of esters is 1. The Hall–Kier alpha value is -5.34. The molecule has 0 aromatic heterocycles. The molecular weight excluding hydrogens is 757 g/mol. The monoisotopic (exact) mass is 797 g/mol. The summed E-state index contributed by atoms with van der Waals surface area (Å²) in [5, 5.41) is 41.8. The van der Waals surface area contributed by atoms with E-state index in [4.69, 9.17) is 38.5 Å². The maximum absolute atomic E-state index is 14.8. The van der Waals surface area contributed by atoms with Crippen LogP contribution in [-0.2, 0) is 32.6 Å². The van der Waals surface area contributed by atoms with E-state index in [9.17, 15) is 25.1 Å². The molecule has 7 aliphatic rings. The number of rotatable bonds is 5. The Labute approximate surface area is 332 Å². The van der Waals surface area contributed by atoms with Gasteiger partial charge in [0.25, 0.3) is 0 Å². The van der Waals surface area contributed by atoms with E-state index >= 15 is 0 Å². The van der Waals surface area contributed by atoms with E-state index < -0.39 is 53.1 Å². The smallest absolute Gasteiger partial charge is 0.514 e. The molecule has 298 valence electrons. The fourth-order valence-corrected chi connectivity index (χ4v) is 11.5. The van der Waals surface area contributed by atoms with E-state index in [1.165, 1.54) is 32.1 Å². The predicted molar refractivity (Wildman–Crippen MR) is 204 cm³/mol. The van der Waals surface area contributed by atoms with Crippen molar-refractivity contribution < 1.29 is 53.0 Å². The Morgan fingerprint density at radius 2 is 1.93 bits per heavy atom. The summed E-state index contributed by atoms with van der Waals surface area (Å²) in [4.78, 5) is 30.2. The number of phenolic OH excluding ortho intramolecular Hbond substituents is 2. The van der Waals surface area contributed by atoms with Crippen LogP contribution in [0.2, 0.25) is 0 Å². The van der Waals surface area contributed by atoms with Gasteiger partial charge in [0, 0.05) is 40.3 Å². The number of phenols is 2. The third-order valence-corrected chi connectivity index (χ3v) is 13.6. The van der Waals surface area contributed by atoms with Crippen LogP contribution in [0.3, 0.4) is 0 Å². The zero-order valence-corrected chi connectivity index (χ0v) is 32.6. The zero-order chi connectivity index (χ0) is 39.9. The number of carbonyl (C=O) groups excluding carboxylic acids is 2. The van der Waals surface area contributed by atoms with E-state index in [0.717, 1.165) is 16.7 Å². The number of hydrogen-bond donors (Lipinski definition) is 3. The molecule has 7 aliphatic heterocycles. The van der Waals surface area contributed by atoms with Gasteiger partial charge in [-0.3, -0.25) is 10.2 Å². The molecule has 0 aliphatic carbocycles. The summed E-state index contributed by atoms with van der Waals surface area (Å²) in [5.74, 6) is 0.954. The van der Waals surface area contributed by atoms with Crippen molar-refractivity contribution in [1.82, 2.24) is 10.2 Å². The number of aromatic hydroxyl groups is 2. The van der Waals surface area contributed by atoms with Crippen LogP contribution in [0.15, 0.2) is 30.9 Å². The number of carbonyl (C=O) groups is 2. The molecule has 2 saturated heterocycles. The molecule has 3 aromatic carbocycles. The summed E-state index contributed by atoms with van der Waals surface area (Å²) < 4.78 is 41.3. The number of nitrogens with one attached hydrogen (secondary N) is 1. The number of methoxy groups -OCH3 is 2. The highest BCUT2D eigenvalue weighted by Gasteiger charge is 2.57. The fourth-order valence-electron chi connectivity index (χ4n) is 9.77. The van der Waals surface area contributed by atoms with Gasteiger partial charge in [-0.2, -0.15) is 5.26 Å². The second kappa shape index (κ2) is 13.9. The van der Waals surface area contributed by atoms with Crippen LogP contribution < -0.4 is 29.0 Å². The topological polar surface area (TPSA) is 192 Å². The van der Waals surface area contributed by atoms with Crippen LogP contribution in [0.5, 0.6) is 40.2 Å². The van der Waals surface area contributed by atoms with Crippen molar-refractivity contribution in [2.24, 2.45) is 0 Å². The minimum atomic E-state index is -1.41. The van der Waals surface area contributed by atoms with Crippen LogP contribution in [-0.4, -0.2) is 91.9 Å². The first-order chi connectivity index (χ1) is 27.6. The molecule has 3 N–H and O–H groups in total. The molecular formula is C41H41N4O11S-. The van der Waals surface area contributed by atoms with E-state index in [2.05, 4.69) is 22.9 Å². The van der Waals surface area contributed by atoms with E-state index in [1.54, 1.807) is 19.1 Å². The van der Waals surface area contributed by atoms with Crippen molar-refractivity contribution in [3.8, 4) is 46.3 Å². The Bertz CT molecular complexity index is 2280. The Kier molecular flexibility index (Phi) is 9.11. The van der Waals surface area contributed by atoms with E-state index in [-0.39, 0.29) is 48.8 Å². The number of hydrogen-bond acceptors (Lipinski definition) is 15. The van der Waals surface area contributed by atoms with Gasteiger partial charge in [0.1, 0.15) is 19.0 Å². The van der Waals surface area contributed by atoms with Crippen LogP contribution in [0.25, 0.3) is 5.32 Å². The SMILES string of the molecule is C=CCOC(=O)Oc1c(C)c2c(c3c1[C@H]1SC[C@]4(NCCc5cc(O)c(OC)cc54)C(=O)OC[C@@H]3N3C1[C@@H]1[N-][C@@H](Cc4cc(C)c(OC)c(O)c41)[C@@H]3C#N)OCO2. The lowest BCUT2D eigenvalue weighted by atomic mass is 9.72. The summed E-state index contributed by atoms with van der Waals surface area (Å²) in [5.41, 5.74) is 3.78. The maximum Gasteiger partial charge on any atom is 0.514 e. The summed E-state index contributed by atoms with van der Waals surface area (Å²) in [6.07, 6.45) is 1.39. The summed E-state index contributed by atoms with van der Waals surface area (Å²) in [6, 6.07) is 4.34. The highest BCUT2D eigenvalue weighted by atomic mass is 32.2. The van der Waals surface area contributed by atoms with Crippen molar-refractivity contribution in [2.45, 2.75) is 67.7 Å². The highest BCUT2D eigenvalue weighted by molar-refractivity contribution is 7.99. The fraction of sp³-hybridized carbons (Fsp3) is 0.439. The molecule has 1 unspecified atom stereocenters. The maximum atomic E-state index is 14.8. The van der Waals surface area contributed by atoms with Crippen LogP contribution >= 0.6 is 11.8 Å². The Balaban J connectivity index is 1.31. The average Bonchev–Trinajstić information content (AvgIpc) is 3.70. The van der Waals surface area contributed by atoms with E-state index in [0.29, 0.717) is 64.5 Å². The van der Waals surface area contributed by atoms with Crippen molar-refractivity contribution >= 4 is 23.9 Å². The van der Waals surface area contributed by atoms with Crippen molar-refractivity contribution in [2.75, 3.05) is 46.5 Å². The quantitative estimate of drug-likeness (QED) is 0.173. The molecule has 2 fully saturated rings. The van der Waals surface area contributed by atoms with Gasteiger partial charge < -0.3 is 48.7 Å². The zero-order valence-electron chi connectivity index (χ0n) is 31.7. The van der Waals surface area contributed by atoms with Gasteiger partial charge in [-0.25, -0.2) is 9.59 Å². The molecule has 3 aromatic rings. The normalized spacial score (nSPS) is 27.8. The van der Waals surface area contributed by atoms with Gasteiger partial charge in [-0.1, -0.05) is 24.8 Å². The first-order valence-electron chi connectivity index (χ1n) is 18.7. The van der Waals surface area contributed by atoms with Crippen molar-refractivity contribution in [3.63, 3.8) is 0 Å². The van der Waals surface area contributed by atoms with Gasteiger partial charge in [0.05, 0.1) is 32.4 Å². The molecule has 10 rings (SSSR count).